The third kappa shape index (κ3) is 3.00. The molecule has 1 aromatic carbocycles. The van der Waals surface area contributed by atoms with Crippen molar-refractivity contribution in [1.82, 2.24) is 0 Å². The molecule has 2 nitrogen and oxygen atoms in total. The second-order valence-corrected chi connectivity index (χ2v) is 6.97. The normalized spacial score (nSPS) is 16.0. The molecule has 3 rings (SSSR count). The molecule has 0 N–H and O–H groups in total. The topological polar surface area (TPSA) is 6.89 Å². The molecule has 0 unspecified atom stereocenters. The number of hydrogen-bond donors (Lipinski definition) is 0. The SMILES string of the molecule is C=Cc1c(/C=C/C=C/C2=[N+](C)c3ccccc3C2(C)C)ccc[n+]1C. The Balaban J connectivity index is 1.88. The van der Waals surface area contributed by atoms with Gasteiger partial charge in [0.05, 0.1) is 5.41 Å². The number of aromatic nitrogens is 1. The molecule has 0 amide bonds. The highest BCUT2D eigenvalue weighted by molar-refractivity contribution is 6.03. The van der Waals surface area contributed by atoms with Gasteiger partial charge in [-0.05, 0) is 26.0 Å². The number of hydrogen-bond acceptors (Lipinski definition) is 0. The predicted molar refractivity (Wildman–Crippen MR) is 106 cm³/mol. The molecule has 25 heavy (non-hydrogen) atoms. The van der Waals surface area contributed by atoms with Crippen molar-refractivity contribution in [2.75, 3.05) is 7.05 Å². The number of aryl methyl sites for hydroxylation is 1. The van der Waals surface area contributed by atoms with Crippen LogP contribution in [0.15, 0.2) is 67.4 Å². The zero-order chi connectivity index (χ0) is 18.0. The first-order chi connectivity index (χ1) is 12.0. The van der Waals surface area contributed by atoms with Crippen molar-refractivity contribution >= 4 is 23.6 Å². The van der Waals surface area contributed by atoms with Gasteiger partial charge >= 0.3 is 0 Å². The number of pyridine rings is 1. The van der Waals surface area contributed by atoms with E-state index in [1.165, 1.54) is 17.0 Å². The molecule has 0 fully saturated rings. The van der Waals surface area contributed by atoms with Gasteiger partial charge in [0.1, 0.15) is 14.1 Å². The summed E-state index contributed by atoms with van der Waals surface area (Å²) in [5, 5.41) is 0. The molecule has 0 spiro atoms. The number of benzene rings is 1. The van der Waals surface area contributed by atoms with Gasteiger partial charge < -0.3 is 0 Å². The summed E-state index contributed by atoms with van der Waals surface area (Å²) in [5.74, 6) is 0. The first-order valence-corrected chi connectivity index (χ1v) is 8.63. The van der Waals surface area contributed by atoms with Gasteiger partial charge in [-0.1, -0.05) is 36.9 Å². The number of fused-ring (bicyclic) bond motifs is 1. The van der Waals surface area contributed by atoms with Crippen molar-refractivity contribution in [3.63, 3.8) is 0 Å². The average Bonchev–Trinajstić information content (AvgIpc) is 2.79. The van der Waals surface area contributed by atoms with Gasteiger partial charge in [-0.3, -0.25) is 0 Å². The van der Waals surface area contributed by atoms with Crippen molar-refractivity contribution in [1.29, 1.82) is 0 Å². The van der Waals surface area contributed by atoms with Crippen molar-refractivity contribution in [3.05, 3.63) is 84.2 Å². The first kappa shape index (κ1) is 17.1. The Labute approximate surface area is 150 Å². The summed E-state index contributed by atoms with van der Waals surface area (Å²) >= 11 is 0. The fourth-order valence-corrected chi connectivity index (χ4v) is 3.66. The Morgan fingerprint density at radius 3 is 2.40 bits per heavy atom. The maximum atomic E-state index is 3.91. The van der Waals surface area contributed by atoms with Gasteiger partial charge in [0.15, 0.2) is 11.9 Å². The molecule has 2 heterocycles. The second-order valence-electron chi connectivity index (χ2n) is 6.97. The van der Waals surface area contributed by atoms with Crippen LogP contribution in [-0.4, -0.2) is 17.3 Å². The summed E-state index contributed by atoms with van der Waals surface area (Å²) in [4.78, 5) is 0. The molecule has 0 aliphatic carbocycles. The maximum absolute atomic E-state index is 3.91. The van der Waals surface area contributed by atoms with E-state index < -0.39 is 0 Å². The van der Waals surface area contributed by atoms with Crippen LogP contribution in [0.2, 0.25) is 0 Å². The molecule has 0 saturated carbocycles. The van der Waals surface area contributed by atoms with Crippen LogP contribution in [0.3, 0.4) is 0 Å². The van der Waals surface area contributed by atoms with Gasteiger partial charge in [0, 0.05) is 35.4 Å². The summed E-state index contributed by atoms with van der Waals surface area (Å²) in [6, 6.07) is 12.8. The van der Waals surface area contributed by atoms with Gasteiger partial charge in [0.2, 0.25) is 11.4 Å². The Hall–Kier alpha value is -2.74. The van der Waals surface area contributed by atoms with E-state index in [2.05, 4.69) is 97.3 Å². The van der Waals surface area contributed by atoms with E-state index in [4.69, 9.17) is 0 Å². The molecular formula is C23H26N2+2. The molecule has 2 aromatic rings. The summed E-state index contributed by atoms with van der Waals surface area (Å²) in [7, 11) is 4.18. The van der Waals surface area contributed by atoms with E-state index in [9.17, 15) is 0 Å². The fourth-order valence-electron chi connectivity index (χ4n) is 3.66. The Bertz CT molecular complexity index is 911. The Morgan fingerprint density at radius 2 is 1.68 bits per heavy atom. The smallest absolute Gasteiger partial charge is 0.201 e. The molecule has 1 aromatic heterocycles. The highest BCUT2D eigenvalue weighted by atomic mass is 15.0. The van der Waals surface area contributed by atoms with Crippen LogP contribution in [0.4, 0.5) is 5.69 Å². The molecule has 2 heteroatoms. The Kier molecular flexibility index (Phi) is 4.54. The van der Waals surface area contributed by atoms with Crippen LogP contribution >= 0.6 is 0 Å². The van der Waals surface area contributed by atoms with Crippen molar-refractivity contribution in [2.45, 2.75) is 19.3 Å². The molecule has 1 aliphatic heterocycles. The first-order valence-electron chi connectivity index (χ1n) is 8.63. The summed E-state index contributed by atoms with van der Waals surface area (Å²) < 4.78 is 4.37. The van der Waals surface area contributed by atoms with E-state index >= 15 is 0 Å². The third-order valence-electron chi connectivity index (χ3n) is 5.04. The molecule has 126 valence electrons. The van der Waals surface area contributed by atoms with E-state index in [0.717, 1.165) is 11.3 Å². The van der Waals surface area contributed by atoms with Crippen LogP contribution in [-0.2, 0) is 12.5 Å². The Morgan fingerprint density at radius 1 is 0.960 bits per heavy atom. The summed E-state index contributed by atoms with van der Waals surface area (Å²) in [6.07, 6.45) is 12.5. The lowest BCUT2D eigenvalue weighted by atomic mass is 9.81. The molecule has 0 atom stereocenters. The zero-order valence-electron chi connectivity index (χ0n) is 15.5. The molecule has 0 saturated heterocycles. The van der Waals surface area contributed by atoms with E-state index in [1.54, 1.807) is 0 Å². The maximum Gasteiger partial charge on any atom is 0.211 e. The number of nitrogens with zero attached hydrogens (tertiary/aromatic N) is 2. The molecular weight excluding hydrogens is 304 g/mol. The van der Waals surface area contributed by atoms with Gasteiger partial charge in [0.25, 0.3) is 0 Å². The zero-order valence-corrected chi connectivity index (χ0v) is 15.5. The third-order valence-corrected chi connectivity index (χ3v) is 5.04. The quantitative estimate of drug-likeness (QED) is 0.578. The lowest BCUT2D eigenvalue weighted by molar-refractivity contribution is -0.673. The monoisotopic (exact) mass is 330 g/mol. The molecule has 0 bridgehead atoms. The lowest BCUT2D eigenvalue weighted by Crippen LogP contribution is -2.31. The van der Waals surface area contributed by atoms with Crippen LogP contribution < -0.4 is 4.57 Å². The van der Waals surface area contributed by atoms with Crippen molar-refractivity contribution < 1.29 is 9.14 Å². The fraction of sp³-hybridized carbons (Fsp3) is 0.217. The molecule has 1 aliphatic rings. The average molecular weight is 330 g/mol. The standard InChI is InChI=1S/C23H26N2/c1-6-20-18(13-11-17-24(20)4)12-7-10-16-22-23(2,3)19-14-8-9-15-21(19)25(22)5/h6-17H,1H2,2-5H3/q+2/b12-7+,16-10+. The van der Waals surface area contributed by atoms with Gasteiger partial charge in [-0.25, -0.2) is 4.57 Å². The molecule has 0 radical (unpaired) electrons. The van der Waals surface area contributed by atoms with E-state index in [1.807, 2.05) is 19.3 Å². The van der Waals surface area contributed by atoms with Crippen molar-refractivity contribution in [3.8, 4) is 0 Å². The largest absolute Gasteiger partial charge is 0.211 e. The highest BCUT2D eigenvalue weighted by Gasteiger charge is 2.42. The minimum Gasteiger partial charge on any atom is -0.201 e. The number of para-hydroxylation sites is 1. The van der Waals surface area contributed by atoms with E-state index in [0.29, 0.717) is 0 Å². The predicted octanol–water partition coefficient (Wildman–Crippen LogP) is 4.43. The number of allylic oxidation sites excluding steroid dienone is 3. The van der Waals surface area contributed by atoms with Crippen LogP contribution in [0, 0.1) is 0 Å². The van der Waals surface area contributed by atoms with Crippen LogP contribution in [0.25, 0.3) is 12.2 Å². The van der Waals surface area contributed by atoms with Crippen molar-refractivity contribution in [2.24, 2.45) is 7.05 Å². The van der Waals surface area contributed by atoms with Crippen LogP contribution in [0.5, 0.6) is 0 Å². The van der Waals surface area contributed by atoms with Gasteiger partial charge in [-0.15, -0.1) is 0 Å². The van der Waals surface area contributed by atoms with E-state index in [-0.39, 0.29) is 5.41 Å². The summed E-state index contributed by atoms with van der Waals surface area (Å²) in [5.41, 5.74) is 6.27. The lowest BCUT2D eigenvalue weighted by Gasteiger charge is -2.14. The second kappa shape index (κ2) is 6.64. The van der Waals surface area contributed by atoms with Gasteiger partial charge in [-0.2, -0.15) is 4.58 Å². The summed E-state index contributed by atoms with van der Waals surface area (Å²) in [6.45, 7) is 8.48. The number of rotatable bonds is 4. The minimum absolute atomic E-state index is 0.0150. The highest BCUT2D eigenvalue weighted by Crippen LogP contribution is 2.38. The minimum atomic E-state index is 0.0150. The van der Waals surface area contributed by atoms with Crippen LogP contribution in [0.1, 0.15) is 30.7 Å².